The van der Waals surface area contributed by atoms with E-state index in [4.69, 9.17) is 0 Å². The van der Waals surface area contributed by atoms with E-state index >= 15 is 0 Å². The van der Waals surface area contributed by atoms with Crippen LogP contribution in [0.25, 0.3) is 0 Å². The normalized spacial score (nSPS) is 11.8. The Bertz CT molecular complexity index is 686. The number of sulfonamides is 1. The van der Waals surface area contributed by atoms with E-state index in [-0.39, 0.29) is 4.90 Å². The number of hydrogen-bond acceptors (Lipinski definition) is 2. The zero-order valence-electron chi connectivity index (χ0n) is 11.9. The lowest BCUT2D eigenvalue weighted by Crippen LogP contribution is -2.33. The molecule has 0 saturated carbocycles. The van der Waals surface area contributed by atoms with Crippen LogP contribution in [0.5, 0.6) is 0 Å². The standard InChI is InChI=1S/C16H18FNO2S/c1-2-18(13-12-14-8-4-3-5-9-14)21(19,20)16-11-7-6-10-15(16)17/h3-11H,2,12-13H2,1H3. The third-order valence-electron chi connectivity index (χ3n) is 3.30. The van der Waals surface area contributed by atoms with Crippen LogP contribution in [0.15, 0.2) is 59.5 Å². The third-order valence-corrected chi connectivity index (χ3v) is 5.31. The molecule has 2 rings (SSSR count). The second kappa shape index (κ2) is 6.83. The van der Waals surface area contributed by atoms with Crippen molar-refractivity contribution in [2.24, 2.45) is 0 Å². The first-order chi connectivity index (χ1) is 10.1. The molecule has 2 aromatic carbocycles. The summed E-state index contributed by atoms with van der Waals surface area (Å²) in [5.41, 5.74) is 1.06. The van der Waals surface area contributed by atoms with E-state index in [9.17, 15) is 12.8 Å². The van der Waals surface area contributed by atoms with Crippen molar-refractivity contribution in [3.05, 3.63) is 66.0 Å². The lowest BCUT2D eigenvalue weighted by Gasteiger charge is -2.20. The molecule has 112 valence electrons. The second-order valence-electron chi connectivity index (χ2n) is 4.66. The van der Waals surface area contributed by atoms with E-state index in [0.29, 0.717) is 19.5 Å². The van der Waals surface area contributed by atoms with Gasteiger partial charge in [0, 0.05) is 13.1 Å². The maximum atomic E-state index is 13.7. The Labute approximate surface area is 125 Å². The highest BCUT2D eigenvalue weighted by atomic mass is 32.2. The summed E-state index contributed by atoms with van der Waals surface area (Å²) >= 11 is 0. The average molecular weight is 307 g/mol. The van der Waals surface area contributed by atoms with E-state index in [1.807, 2.05) is 30.3 Å². The Morgan fingerprint density at radius 2 is 1.62 bits per heavy atom. The summed E-state index contributed by atoms with van der Waals surface area (Å²) in [5, 5.41) is 0. The molecule has 0 bridgehead atoms. The maximum Gasteiger partial charge on any atom is 0.245 e. The zero-order valence-corrected chi connectivity index (χ0v) is 12.7. The van der Waals surface area contributed by atoms with Gasteiger partial charge < -0.3 is 0 Å². The largest absolute Gasteiger partial charge is 0.245 e. The Morgan fingerprint density at radius 3 is 2.24 bits per heavy atom. The Kier molecular flexibility index (Phi) is 5.09. The molecule has 0 aliphatic heterocycles. The van der Waals surface area contributed by atoms with Crippen LogP contribution in [-0.2, 0) is 16.4 Å². The van der Waals surface area contributed by atoms with E-state index in [1.54, 1.807) is 6.92 Å². The van der Waals surface area contributed by atoms with Gasteiger partial charge in [-0.25, -0.2) is 12.8 Å². The molecule has 0 saturated heterocycles. The molecular formula is C16H18FNO2S. The van der Waals surface area contributed by atoms with Gasteiger partial charge in [0.25, 0.3) is 0 Å². The lowest BCUT2D eigenvalue weighted by molar-refractivity contribution is 0.426. The van der Waals surface area contributed by atoms with Crippen LogP contribution in [0, 0.1) is 5.82 Å². The summed E-state index contributed by atoms with van der Waals surface area (Å²) in [6.07, 6.45) is 0.600. The molecule has 0 atom stereocenters. The summed E-state index contributed by atoms with van der Waals surface area (Å²) in [4.78, 5) is -0.264. The Balaban J connectivity index is 2.19. The first-order valence-corrected chi connectivity index (χ1v) is 8.28. The first kappa shape index (κ1) is 15.7. The number of likely N-dealkylation sites (N-methyl/N-ethyl adjacent to an activating group) is 1. The molecular weight excluding hydrogens is 289 g/mol. The molecule has 0 aliphatic carbocycles. The van der Waals surface area contributed by atoms with Crippen molar-refractivity contribution in [1.29, 1.82) is 0 Å². The molecule has 0 unspecified atom stereocenters. The molecule has 21 heavy (non-hydrogen) atoms. The molecule has 0 heterocycles. The SMILES string of the molecule is CCN(CCc1ccccc1)S(=O)(=O)c1ccccc1F. The van der Waals surface area contributed by atoms with Gasteiger partial charge in [-0.05, 0) is 24.1 Å². The molecule has 0 N–H and O–H groups in total. The van der Waals surface area contributed by atoms with E-state index in [1.165, 1.54) is 22.5 Å². The first-order valence-electron chi connectivity index (χ1n) is 6.84. The summed E-state index contributed by atoms with van der Waals surface area (Å²) in [5.74, 6) is -0.712. The van der Waals surface area contributed by atoms with Gasteiger partial charge in [0.1, 0.15) is 10.7 Å². The minimum atomic E-state index is -3.79. The van der Waals surface area contributed by atoms with Crippen LogP contribution in [0.2, 0.25) is 0 Å². The van der Waals surface area contributed by atoms with Crippen molar-refractivity contribution in [1.82, 2.24) is 4.31 Å². The van der Waals surface area contributed by atoms with Gasteiger partial charge in [0.05, 0.1) is 0 Å². The topological polar surface area (TPSA) is 37.4 Å². The molecule has 0 aromatic heterocycles. The second-order valence-corrected chi connectivity index (χ2v) is 6.57. The minimum absolute atomic E-state index is 0.264. The zero-order chi connectivity index (χ0) is 15.3. The van der Waals surface area contributed by atoms with Gasteiger partial charge in [-0.1, -0.05) is 49.4 Å². The number of benzene rings is 2. The summed E-state index contributed by atoms with van der Waals surface area (Å²) in [7, 11) is -3.79. The number of halogens is 1. The summed E-state index contributed by atoms with van der Waals surface area (Å²) < 4.78 is 40.0. The van der Waals surface area contributed by atoms with Gasteiger partial charge in [-0.3, -0.25) is 0 Å². The molecule has 0 fully saturated rings. The van der Waals surface area contributed by atoms with E-state index in [2.05, 4.69) is 0 Å². The highest BCUT2D eigenvalue weighted by Gasteiger charge is 2.25. The van der Waals surface area contributed by atoms with Gasteiger partial charge >= 0.3 is 0 Å². The van der Waals surface area contributed by atoms with Crippen LogP contribution in [0.3, 0.4) is 0 Å². The van der Waals surface area contributed by atoms with Crippen molar-refractivity contribution in [2.45, 2.75) is 18.2 Å². The maximum absolute atomic E-state index is 13.7. The summed E-state index contributed by atoms with van der Waals surface area (Å²) in [6, 6.07) is 15.1. The molecule has 5 heteroatoms. The highest BCUT2D eigenvalue weighted by molar-refractivity contribution is 7.89. The van der Waals surface area contributed by atoms with E-state index < -0.39 is 15.8 Å². The number of nitrogens with zero attached hydrogens (tertiary/aromatic N) is 1. The third kappa shape index (κ3) is 3.68. The van der Waals surface area contributed by atoms with Crippen LogP contribution >= 0.6 is 0 Å². The van der Waals surface area contributed by atoms with Crippen LogP contribution in [-0.4, -0.2) is 25.8 Å². The van der Waals surface area contributed by atoms with Crippen molar-refractivity contribution >= 4 is 10.0 Å². The van der Waals surface area contributed by atoms with Gasteiger partial charge in [0.15, 0.2) is 0 Å². The predicted molar refractivity (Wildman–Crippen MR) is 81.0 cm³/mol. The molecule has 0 spiro atoms. The van der Waals surface area contributed by atoms with Gasteiger partial charge in [-0.15, -0.1) is 0 Å². The van der Waals surface area contributed by atoms with Gasteiger partial charge in [-0.2, -0.15) is 4.31 Å². The fraction of sp³-hybridized carbons (Fsp3) is 0.250. The minimum Gasteiger partial charge on any atom is -0.207 e. The van der Waals surface area contributed by atoms with E-state index in [0.717, 1.165) is 11.6 Å². The predicted octanol–water partition coefficient (Wildman–Crippen LogP) is 3.08. The fourth-order valence-corrected chi connectivity index (χ4v) is 3.65. The van der Waals surface area contributed by atoms with Crippen molar-refractivity contribution < 1.29 is 12.8 Å². The van der Waals surface area contributed by atoms with Gasteiger partial charge in [0.2, 0.25) is 10.0 Å². The number of rotatable bonds is 6. The van der Waals surface area contributed by atoms with Crippen molar-refractivity contribution in [3.8, 4) is 0 Å². The Hall–Kier alpha value is -1.72. The molecule has 0 aliphatic rings. The lowest BCUT2D eigenvalue weighted by atomic mass is 10.1. The smallest absolute Gasteiger partial charge is 0.207 e. The number of hydrogen-bond donors (Lipinski definition) is 0. The summed E-state index contributed by atoms with van der Waals surface area (Å²) in [6.45, 7) is 2.39. The quantitative estimate of drug-likeness (QED) is 0.822. The van der Waals surface area contributed by atoms with Crippen LogP contribution in [0.4, 0.5) is 4.39 Å². The van der Waals surface area contributed by atoms with Crippen molar-refractivity contribution in [2.75, 3.05) is 13.1 Å². The van der Waals surface area contributed by atoms with Crippen molar-refractivity contribution in [3.63, 3.8) is 0 Å². The van der Waals surface area contributed by atoms with Crippen LogP contribution < -0.4 is 0 Å². The average Bonchev–Trinajstić information content (AvgIpc) is 2.49. The van der Waals surface area contributed by atoms with Crippen LogP contribution in [0.1, 0.15) is 12.5 Å². The monoisotopic (exact) mass is 307 g/mol. The molecule has 2 aromatic rings. The molecule has 0 amide bonds. The molecule has 0 radical (unpaired) electrons. The fourth-order valence-electron chi connectivity index (χ4n) is 2.14. The Morgan fingerprint density at radius 1 is 1.00 bits per heavy atom. The highest BCUT2D eigenvalue weighted by Crippen LogP contribution is 2.19. The molecule has 3 nitrogen and oxygen atoms in total.